The number of carbonyl (C=O) groups excluding carboxylic acids is 1. The molecule has 0 aromatic carbocycles. The number of carbonyl (C=O) groups is 1. The van der Waals surface area contributed by atoms with Crippen LogP contribution in [0.15, 0.2) is 17.3 Å². The van der Waals surface area contributed by atoms with Gasteiger partial charge in [-0.1, -0.05) is 0 Å². The quantitative estimate of drug-likeness (QED) is 0.817. The van der Waals surface area contributed by atoms with Gasteiger partial charge >= 0.3 is 6.09 Å². The minimum atomic E-state index is -0.495. The Labute approximate surface area is 148 Å². The van der Waals surface area contributed by atoms with E-state index in [-0.39, 0.29) is 17.7 Å². The third-order valence-electron chi connectivity index (χ3n) is 3.87. The molecule has 1 aromatic rings. The molecule has 24 heavy (non-hydrogen) atoms. The van der Waals surface area contributed by atoms with E-state index in [1.165, 1.54) is 0 Å². The number of nitrogens with zero attached hydrogens (tertiary/aromatic N) is 3. The maximum absolute atomic E-state index is 12.4. The average molecular weight is 356 g/mol. The maximum atomic E-state index is 12.4. The second-order valence-corrected chi connectivity index (χ2v) is 8.29. The topological polar surface area (TPSA) is 82.6 Å². The summed E-state index contributed by atoms with van der Waals surface area (Å²) < 4.78 is 13.3. The molecule has 2 rings (SSSR count). The van der Waals surface area contributed by atoms with Gasteiger partial charge in [-0.15, -0.1) is 0 Å². The standard InChI is InChI=1S/C16H28N4O3S/c1-15(2,3)23-14(21)20-11-12(10-16(20,4)5)22-9-8-19-7-6-13(18-19)24-17/h6-7,12H,8-11,17H2,1-5H3. The van der Waals surface area contributed by atoms with E-state index in [2.05, 4.69) is 5.10 Å². The smallest absolute Gasteiger partial charge is 0.410 e. The van der Waals surface area contributed by atoms with Gasteiger partial charge in [-0.2, -0.15) is 5.10 Å². The monoisotopic (exact) mass is 356 g/mol. The Kier molecular flexibility index (Phi) is 5.83. The van der Waals surface area contributed by atoms with E-state index >= 15 is 0 Å². The molecule has 0 saturated carbocycles. The van der Waals surface area contributed by atoms with Gasteiger partial charge in [-0.25, -0.2) is 4.79 Å². The lowest BCUT2D eigenvalue weighted by molar-refractivity contribution is 0.00974. The van der Waals surface area contributed by atoms with Gasteiger partial charge in [0.05, 0.1) is 25.8 Å². The first-order valence-electron chi connectivity index (χ1n) is 8.13. The van der Waals surface area contributed by atoms with E-state index < -0.39 is 5.60 Å². The fourth-order valence-electron chi connectivity index (χ4n) is 2.78. The van der Waals surface area contributed by atoms with Gasteiger partial charge in [-0.05, 0) is 59.1 Å². The first kappa shape index (κ1) is 19.1. The number of nitrogens with two attached hydrogens (primary N) is 1. The molecule has 1 saturated heterocycles. The number of amides is 1. The highest BCUT2D eigenvalue weighted by atomic mass is 32.2. The molecule has 0 bridgehead atoms. The summed E-state index contributed by atoms with van der Waals surface area (Å²) in [5, 5.41) is 10.5. The zero-order valence-corrected chi connectivity index (χ0v) is 15.9. The molecule has 1 aliphatic heterocycles. The van der Waals surface area contributed by atoms with Gasteiger partial charge in [0.1, 0.15) is 10.6 Å². The Morgan fingerprint density at radius 2 is 2.21 bits per heavy atom. The minimum absolute atomic E-state index is 0.00596. The molecular formula is C16H28N4O3S. The Bertz CT molecular complexity index is 568. The summed E-state index contributed by atoms with van der Waals surface area (Å²) in [6, 6.07) is 1.87. The fourth-order valence-corrected chi connectivity index (χ4v) is 3.07. The fraction of sp³-hybridized carbons (Fsp3) is 0.750. The number of rotatable bonds is 5. The van der Waals surface area contributed by atoms with Gasteiger partial charge in [0, 0.05) is 11.7 Å². The third-order valence-corrected chi connectivity index (χ3v) is 4.33. The summed E-state index contributed by atoms with van der Waals surface area (Å²) in [6.07, 6.45) is 2.39. The lowest BCUT2D eigenvalue weighted by Crippen LogP contribution is -2.45. The van der Waals surface area contributed by atoms with Gasteiger partial charge in [-0.3, -0.25) is 9.82 Å². The van der Waals surface area contributed by atoms with E-state index in [1.807, 2.05) is 46.9 Å². The molecule has 2 N–H and O–H groups in total. The Hall–Kier alpha value is -1.25. The molecular weight excluding hydrogens is 328 g/mol. The van der Waals surface area contributed by atoms with Crippen molar-refractivity contribution in [3.8, 4) is 0 Å². The second kappa shape index (κ2) is 7.33. The first-order chi connectivity index (χ1) is 11.1. The minimum Gasteiger partial charge on any atom is -0.444 e. The van der Waals surface area contributed by atoms with Gasteiger partial charge < -0.3 is 14.4 Å². The van der Waals surface area contributed by atoms with Crippen molar-refractivity contribution in [3.63, 3.8) is 0 Å². The normalized spacial score (nSPS) is 20.4. The average Bonchev–Trinajstić information content (AvgIpc) is 3.01. The summed E-state index contributed by atoms with van der Waals surface area (Å²) in [7, 11) is 0. The molecule has 8 heteroatoms. The number of likely N-dealkylation sites (tertiary alicyclic amines) is 1. The predicted octanol–water partition coefficient (Wildman–Crippen LogP) is 2.65. The van der Waals surface area contributed by atoms with Crippen molar-refractivity contribution in [2.24, 2.45) is 5.14 Å². The summed E-state index contributed by atoms with van der Waals surface area (Å²) >= 11 is 1.13. The summed E-state index contributed by atoms with van der Waals surface area (Å²) in [5.41, 5.74) is -0.771. The Balaban J connectivity index is 1.84. The van der Waals surface area contributed by atoms with E-state index in [0.29, 0.717) is 19.7 Å². The van der Waals surface area contributed by atoms with Crippen LogP contribution in [-0.4, -0.2) is 51.2 Å². The predicted molar refractivity (Wildman–Crippen MR) is 93.6 cm³/mol. The molecule has 1 unspecified atom stereocenters. The van der Waals surface area contributed by atoms with Gasteiger partial charge in [0.25, 0.3) is 0 Å². The van der Waals surface area contributed by atoms with Crippen LogP contribution in [-0.2, 0) is 16.0 Å². The first-order valence-corrected chi connectivity index (χ1v) is 9.01. The van der Waals surface area contributed by atoms with Crippen molar-refractivity contribution in [1.82, 2.24) is 14.7 Å². The SMILES string of the molecule is CC(C)(C)OC(=O)N1CC(OCCn2ccc(SN)n2)CC1(C)C. The Morgan fingerprint density at radius 1 is 1.50 bits per heavy atom. The van der Waals surface area contributed by atoms with Crippen molar-refractivity contribution in [2.75, 3.05) is 13.2 Å². The molecule has 1 fully saturated rings. The summed E-state index contributed by atoms with van der Waals surface area (Å²) in [4.78, 5) is 14.1. The third kappa shape index (κ3) is 5.12. The van der Waals surface area contributed by atoms with Crippen LogP contribution in [0.5, 0.6) is 0 Å². The molecule has 2 heterocycles. The second-order valence-electron chi connectivity index (χ2n) is 7.64. The number of hydrogen-bond acceptors (Lipinski definition) is 6. The molecule has 7 nitrogen and oxygen atoms in total. The highest BCUT2D eigenvalue weighted by molar-refractivity contribution is 7.97. The largest absolute Gasteiger partial charge is 0.444 e. The van der Waals surface area contributed by atoms with Crippen molar-refractivity contribution < 1.29 is 14.3 Å². The van der Waals surface area contributed by atoms with Crippen molar-refractivity contribution in [3.05, 3.63) is 12.3 Å². The molecule has 136 valence electrons. The van der Waals surface area contributed by atoms with Crippen molar-refractivity contribution in [1.29, 1.82) is 0 Å². The highest BCUT2D eigenvalue weighted by Crippen LogP contribution is 2.31. The van der Waals surface area contributed by atoms with E-state index in [0.717, 1.165) is 23.4 Å². The van der Waals surface area contributed by atoms with E-state index in [9.17, 15) is 4.79 Å². The summed E-state index contributed by atoms with van der Waals surface area (Å²) in [5.74, 6) is 0. The molecule has 1 atom stereocenters. The van der Waals surface area contributed by atoms with Crippen LogP contribution in [0.4, 0.5) is 4.79 Å². The van der Waals surface area contributed by atoms with Crippen LogP contribution >= 0.6 is 11.9 Å². The maximum Gasteiger partial charge on any atom is 0.410 e. The number of ether oxygens (including phenoxy) is 2. The lowest BCUT2D eigenvalue weighted by Gasteiger charge is -2.33. The van der Waals surface area contributed by atoms with Crippen LogP contribution in [0.3, 0.4) is 0 Å². The van der Waals surface area contributed by atoms with Crippen LogP contribution in [0, 0.1) is 0 Å². The summed E-state index contributed by atoms with van der Waals surface area (Å²) in [6.45, 7) is 11.4. The van der Waals surface area contributed by atoms with Gasteiger partial charge in [0.15, 0.2) is 0 Å². The molecule has 1 aromatic heterocycles. The van der Waals surface area contributed by atoms with Crippen molar-refractivity contribution in [2.45, 2.75) is 69.9 Å². The zero-order chi connectivity index (χ0) is 18.0. The van der Waals surface area contributed by atoms with E-state index in [1.54, 1.807) is 9.58 Å². The number of hydrogen-bond donors (Lipinski definition) is 1. The highest BCUT2D eigenvalue weighted by Gasteiger charge is 2.43. The molecule has 0 spiro atoms. The van der Waals surface area contributed by atoms with Crippen LogP contribution in [0.25, 0.3) is 0 Å². The van der Waals surface area contributed by atoms with Crippen LogP contribution in [0.1, 0.15) is 41.0 Å². The van der Waals surface area contributed by atoms with Crippen LogP contribution in [0.2, 0.25) is 0 Å². The van der Waals surface area contributed by atoms with Crippen molar-refractivity contribution >= 4 is 18.0 Å². The van der Waals surface area contributed by atoms with Gasteiger partial charge in [0.2, 0.25) is 0 Å². The van der Waals surface area contributed by atoms with Crippen LogP contribution < -0.4 is 5.14 Å². The molecule has 0 aliphatic carbocycles. The Morgan fingerprint density at radius 3 is 2.79 bits per heavy atom. The number of aromatic nitrogens is 2. The van der Waals surface area contributed by atoms with E-state index in [4.69, 9.17) is 14.6 Å². The lowest BCUT2D eigenvalue weighted by atomic mass is 10.0. The molecule has 0 radical (unpaired) electrons. The molecule has 1 aliphatic rings. The zero-order valence-electron chi connectivity index (χ0n) is 15.1. The molecule has 1 amide bonds.